The van der Waals surface area contributed by atoms with Gasteiger partial charge in [-0.15, -0.1) is 5.56 Å². The summed E-state index contributed by atoms with van der Waals surface area (Å²) in [5.74, 6) is -0.785. The molecule has 0 bridgehead atoms. The van der Waals surface area contributed by atoms with Crippen molar-refractivity contribution < 1.29 is 42.6 Å². The molecule has 0 heterocycles. The standard InChI is InChI=1S/C10H11O2.Y/c1-7-4-3-5-8(2)9(7)6-10(11)12;/h4-5H,6H2,1-2H3,(H,11,12);/q-1;. The average Bonchev–Trinajstić information content (AvgIpc) is 1.97. The minimum Gasteiger partial charge on any atom is -0.481 e. The normalized spacial score (nSPS) is 9.08. The van der Waals surface area contributed by atoms with Crippen LogP contribution in [0.25, 0.3) is 0 Å². The molecule has 3 heteroatoms. The van der Waals surface area contributed by atoms with Gasteiger partial charge in [0, 0.05) is 39.1 Å². The van der Waals surface area contributed by atoms with E-state index in [-0.39, 0.29) is 39.1 Å². The molecule has 0 saturated carbocycles. The van der Waals surface area contributed by atoms with Crippen molar-refractivity contribution in [2.75, 3.05) is 0 Å². The summed E-state index contributed by atoms with van der Waals surface area (Å²) >= 11 is 0. The summed E-state index contributed by atoms with van der Waals surface area (Å²) < 4.78 is 0. The third-order valence-electron chi connectivity index (χ3n) is 1.88. The second-order valence-electron chi connectivity index (χ2n) is 2.87. The van der Waals surface area contributed by atoms with E-state index in [1.807, 2.05) is 26.0 Å². The quantitative estimate of drug-likeness (QED) is 0.814. The first-order valence-electron chi connectivity index (χ1n) is 3.79. The topological polar surface area (TPSA) is 37.3 Å². The number of carboxylic acid groups (broad SMARTS) is 1. The Morgan fingerprint density at radius 2 is 1.85 bits per heavy atom. The maximum Gasteiger partial charge on any atom is 0.305 e. The van der Waals surface area contributed by atoms with Crippen molar-refractivity contribution in [3.05, 3.63) is 34.9 Å². The van der Waals surface area contributed by atoms with Gasteiger partial charge < -0.3 is 5.11 Å². The van der Waals surface area contributed by atoms with Crippen molar-refractivity contribution in [1.82, 2.24) is 0 Å². The van der Waals surface area contributed by atoms with Gasteiger partial charge in [0.25, 0.3) is 0 Å². The number of rotatable bonds is 2. The van der Waals surface area contributed by atoms with E-state index in [4.69, 9.17) is 5.11 Å². The first kappa shape index (κ1) is 12.8. The number of carboxylic acids is 1. The van der Waals surface area contributed by atoms with Crippen LogP contribution in [-0.2, 0) is 43.9 Å². The van der Waals surface area contributed by atoms with E-state index in [0.29, 0.717) is 0 Å². The van der Waals surface area contributed by atoms with Crippen molar-refractivity contribution in [3.8, 4) is 0 Å². The predicted molar refractivity (Wildman–Crippen MR) is 46.1 cm³/mol. The molecule has 0 unspecified atom stereocenters. The van der Waals surface area contributed by atoms with E-state index in [1.165, 1.54) is 0 Å². The summed E-state index contributed by atoms with van der Waals surface area (Å²) in [4.78, 5) is 10.5. The maximum atomic E-state index is 10.5. The molecular formula is C10H11O2Y-. The summed E-state index contributed by atoms with van der Waals surface area (Å²) in [6, 6.07) is 6.57. The zero-order valence-electron chi connectivity index (χ0n) is 7.79. The Kier molecular flexibility index (Phi) is 5.42. The van der Waals surface area contributed by atoms with Crippen LogP contribution < -0.4 is 0 Å². The first-order chi connectivity index (χ1) is 5.61. The van der Waals surface area contributed by atoms with E-state index in [0.717, 1.165) is 16.7 Å². The molecule has 1 rings (SSSR count). The fraction of sp³-hybridized carbons (Fsp3) is 0.300. The molecule has 13 heavy (non-hydrogen) atoms. The van der Waals surface area contributed by atoms with Gasteiger partial charge in [-0.3, -0.25) is 4.79 Å². The smallest absolute Gasteiger partial charge is 0.305 e. The summed E-state index contributed by atoms with van der Waals surface area (Å²) in [6.07, 6.45) is 0.104. The van der Waals surface area contributed by atoms with Crippen molar-refractivity contribution in [1.29, 1.82) is 0 Å². The van der Waals surface area contributed by atoms with Gasteiger partial charge in [-0.25, -0.2) is 0 Å². The van der Waals surface area contributed by atoms with E-state index in [9.17, 15) is 4.79 Å². The zero-order valence-corrected chi connectivity index (χ0v) is 10.6. The van der Waals surface area contributed by atoms with E-state index in [1.54, 1.807) is 0 Å². The van der Waals surface area contributed by atoms with Crippen LogP contribution in [0.5, 0.6) is 0 Å². The van der Waals surface area contributed by atoms with Gasteiger partial charge in [0.15, 0.2) is 0 Å². The van der Waals surface area contributed by atoms with E-state index >= 15 is 0 Å². The van der Waals surface area contributed by atoms with Gasteiger partial charge in [0.05, 0.1) is 0 Å². The first-order valence-corrected chi connectivity index (χ1v) is 3.79. The third kappa shape index (κ3) is 3.57. The largest absolute Gasteiger partial charge is 0.481 e. The van der Waals surface area contributed by atoms with Gasteiger partial charge in [-0.1, -0.05) is 13.8 Å². The van der Waals surface area contributed by atoms with Crippen LogP contribution in [0.1, 0.15) is 16.7 Å². The summed E-state index contributed by atoms with van der Waals surface area (Å²) in [6.45, 7) is 3.81. The van der Waals surface area contributed by atoms with Crippen LogP contribution in [-0.4, -0.2) is 11.1 Å². The van der Waals surface area contributed by atoms with Crippen LogP contribution in [0.2, 0.25) is 0 Å². The second-order valence-corrected chi connectivity index (χ2v) is 2.87. The molecule has 1 aromatic rings. The van der Waals surface area contributed by atoms with E-state index in [2.05, 4.69) is 6.07 Å². The molecule has 0 atom stereocenters. The van der Waals surface area contributed by atoms with Crippen LogP contribution in [0.3, 0.4) is 0 Å². The zero-order chi connectivity index (χ0) is 9.14. The van der Waals surface area contributed by atoms with Gasteiger partial charge in [0.2, 0.25) is 0 Å². The van der Waals surface area contributed by atoms with Crippen molar-refractivity contribution in [2.45, 2.75) is 20.3 Å². The second kappa shape index (κ2) is 5.51. The number of carbonyl (C=O) groups is 1. The molecule has 0 amide bonds. The number of aryl methyl sites for hydroxylation is 2. The third-order valence-corrected chi connectivity index (χ3v) is 1.88. The molecule has 0 aromatic heterocycles. The molecule has 0 aliphatic carbocycles. The van der Waals surface area contributed by atoms with Crippen LogP contribution in [0.4, 0.5) is 0 Å². The SMILES string of the molecule is Cc1c[c-]cc(C)c1CC(=O)O.[Y]. The van der Waals surface area contributed by atoms with Gasteiger partial charge >= 0.3 is 5.97 Å². The minimum atomic E-state index is -0.785. The van der Waals surface area contributed by atoms with Gasteiger partial charge in [0.1, 0.15) is 0 Å². The Balaban J connectivity index is 0.00000144. The van der Waals surface area contributed by atoms with Crippen LogP contribution >= 0.6 is 0 Å². The summed E-state index contributed by atoms with van der Waals surface area (Å²) in [7, 11) is 0. The predicted octanol–water partition coefficient (Wildman–Crippen LogP) is 1.73. The number of aliphatic carboxylic acids is 1. The molecule has 0 spiro atoms. The molecule has 1 aromatic carbocycles. The van der Waals surface area contributed by atoms with E-state index < -0.39 is 5.97 Å². The molecule has 2 nitrogen and oxygen atoms in total. The number of hydrogen-bond donors (Lipinski definition) is 1. The molecule has 0 aliphatic heterocycles. The molecule has 0 saturated heterocycles. The fourth-order valence-corrected chi connectivity index (χ4v) is 1.21. The Labute approximate surface area is 103 Å². The van der Waals surface area contributed by atoms with Crippen molar-refractivity contribution in [2.24, 2.45) is 0 Å². The Bertz CT molecular complexity index is 288. The summed E-state index contributed by atoms with van der Waals surface area (Å²) in [5, 5.41) is 8.61. The monoisotopic (exact) mass is 252 g/mol. The minimum absolute atomic E-state index is 0. The summed E-state index contributed by atoms with van der Waals surface area (Å²) in [5.41, 5.74) is 2.90. The number of benzene rings is 1. The average molecular weight is 252 g/mol. The van der Waals surface area contributed by atoms with Crippen LogP contribution in [0, 0.1) is 19.9 Å². The van der Waals surface area contributed by atoms with Crippen LogP contribution in [0.15, 0.2) is 12.1 Å². The maximum absolute atomic E-state index is 10.5. The molecule has 0 aliphatic rings. The van der Waals surface area contributed by atoms with Gasteiger partial charge in [-0.2, -0.15) is 29.3 Å². The Hall–Kier alpha value is -0.206. The molecule has 1 N–H and O–H groups in total. The molecule has 67 valence electrons. The molecule has 1 radical (unpaired) electrons. The van der Waals surface area contributed by atoms with Crippen molar-refractivity contribution >= 4 is 5.97 Å². The molecular weight excluding hydrogens is 241 g/mol. The fourth-order valence-electron chi connectivity index (χ4n) is 1.21. The Morgan fingerprint density at radius 1 is 1.38 bits per heavy atom. The van der Waals surface area contributed by atoms with Crippen molar-refractivity contribution in [3.63, 3.8) is 0 Å². The Morgan fingerprint density at radius 3 is 2.23 bits per heavy atom. The molecule has 0 fully saturated rings. The van der Waals surface area contributed by atoms with Gasteiger partial charge in [-0.05, 0) is 0 Å². The number of hydrogen-bond acceptors (Lipinski definition) is 1.